The lowest BCUT2D eigenvalue weighted by atomic mass is 9.87. The van der Waals surface area contributed by atoms with E-state index in [4.69, 9.17) is 9.47 Å². The molecule has 1 heterocycles. The predicted octanol–water partition coefficient (Wildman–Crippen LogP) is 3.84. The topological polar surface area (TPSA) is 72.9 Å². The van der Waals surface area contributed by atoms with E-state index in [9.17, 15) is 14.4 Å². The highest BCUT2D eigenvalue weighted by Gasteiger charge is 2.35. The van der Waals surface area contributed by atoms with Crippen LogP contribution in [0.25, 0.3) is 0 Å². The number of esters is 1. The largest absolute Gasteiger partial charge is 0.423 e. The maximum Gasteiger partial charge on any atom is 0.343 e. The Labute approximate surface area is 170 Å². The molecule has 0 saturated carbocycles. The third-order valence-corrected chi connectivity index (χ3v) is 4.87. The van der Waals surface area contributed by atoms with Crippen molar-refractivity contribution in [2.75, 3.05) is 20.3 Å². The number of hydrogen-bond donors (Lipinski definition) is 0. The minimum Gasteiger partial charge on any atom is -0.423 e. The summed E-state index contributed by atoms with van der Waals surface area (Å²) in [6, 6.07) is 11.8. The molecule has 2 amide bonds. The van der Waals surface area contributed by atoms with Crippen molar-refractivity contribution in [2.24, 2.45) is 0 Å². The summed E-state index contributed by atoms with van der Waals surface area (Å²) in [6.07, 6.45) is 0.557. The quantitative estimate of drug-likeness (QED) is 0.322. The van der Waals surface area contributed by atoms with Crippen LogP contribution >= 0.6 is 0 Å². The van der Waals surface area contributed by atoms with Crippen molar-refractivity contribution >= 4 is 17.8 Å². The van der Waals surface area contributed by atoms with Crippen LogP contribution in [0.5, 0.6) is 5.75 Å². The lowest BCUT2D eigenvalue weighted by molar-refractivity contribution is 0.0638. The first-order valence-corrected chi connectivity index (χ1v) is 9.54. The van der Waals surface area contributed by atoms with Gasteiger partial charge in [-0.15, -0.1) is 0 Å². The Morgan fingerprint density at radius 3 is 2.24 bits per heavy atom. The van der Waals surface area contributed by atoms with Crippen LogP contribution < -0.4 is 4.74 Å². The molecule has 6 nitrogen and oxygen atoms in total. The van der Waals surface area contributed by atoms with E-state index in [2.05, 4.69) is 20.8 Å². The van der Waals surface area contributed by atoms with Gasteiger partial charge in [-0.3, -0.25) is 14.5 Å². The van der Waals surface area contributed by atoms with Gasteiger partial charge in [0.1, 0.15) is 5.75 Å². The average molecular weight is 395 g/mol. The van der Waals surface area contributed by atoms with Gasteiger partial charge in [0.05, 0.1) is 16.7 Å². The highest BCUT2D eigenvalue weighted by atomic mass is 16.5. The highest BCUT2D eigenvalue weighted by Crippen LogP contribution is 2.26. The molecule has 0 unspecified atom stereocenters. The highest BCUT2D eigenvalue weighted by molar-refractivity contribution is 6.22. The van der Waals surface area contributed by atoms with Crippen LogP contribution in [0.1, 0.15) is 63.8 Å². The van der Waals surface area contributed by atoms with E-state index in [0.717, 1.165) is 5.56 Å². The number of carbonyl (C=O) groups is 3. The first-order chi connectivity index (χ1) is 13.7. The molecule has 2 aromatic rings. The van der Waals surface area contributed by atoms with Crippen molar-refractivity contribution in [3.05, 3.63) is 64.7 Å². The molecule has 0 saturated heterocycles. The van der Waals surface area contributed by atoms with Gasteiger partial charge in [-0.05, 0) is 47.7 Å². The van der Waals surface area contributed by atoms with Crippen molar-refractivity contribution in [1.29, 1.82) is 0 Å². The summed E-state index contributed by atoms with van der Waals surface area (Å²) in [5.41, 5.74) is 1.89. The van der Waals surface area contributed by atoms with Gasteiger partial charge in [-0.25, -0.2) is 4.79 Å². The van der Waals surface area contributed by atoms with Gasteiger partial charge in [0.25, 0.3) is 11.8 Å². The van der Waals surface area contributed by atoms with E-state index in [1.807, 2.05) is 12.1 Å². The van der Waals surface area contributed by atoms with Crippen LogP contribution in [0, 0.1) is 0 Å². The van der Waals surface area contributed by atoms with Gasteiger partial charge in [0.2, 0.25) is 0 Å². The first kappa shape index (κ1) is 20.7. The normalized spacial score (nSPS) is 13.6. The summed E-state index contributed by atoms with van der Waals surface area (Å²) in [5, 5.41) is 0. The summed E-state index contributed by atoms with van der Waals surface area (Å²) in [7, 11) is 1.57. The predicted molar refractivity (Wildman–Crippen MR) is 108 cm³/mol. The van der Waals surface area contributed by atoms with Gasteiger partial charge < -0.3 is 9.47 Å². The molecule has 0 radical (unpaired) electrons. The molecule has 0 aromatic heterocycles. The number of amides is 2. The van der Waals surface area contributed by atoms with Gasteiger partial charge in [-0.2, -0.15) is 0 Å². The Hall–Kier alpha value is -2.99. The number of benzene rings is 2. The molecule has 152 valence electrons. The molecular weight excluding hydrogens is 370 g/mol. The van der Waals surface area contributed by atoms with Crippen LogP contribution in [-0.2, 0) is 10.2 Å². The minimum atomic E-state index is -0.575. The Morgan fingerprint density at radius 2 is 1.62 bits per heavy atom. The molecule has 0 atom stereocenters. The van der Waals surface area contributed by atoms with Crippen LogP contribution in [0.3, 0.4) is 0 Å². The van der Waals surface area contributed by atoms with Crippen molar-refractivity contribution in [1.82, 2.24) is 4.90 Å². The van der Waals surface area contributed by atoms with E-state index in [0.29, 0.717) is 24.3 Å². The lowest BCUT2D eigenvalue weighted by Crippen LogP contribution is -2.31. The van der Waals surface area contributed by atoms with Crippen LogP contribution in [-0.4, -0.2) is 42.9 Å². The Bertz CT molecular complexity index is 941. The molecule has 1 aliphatic rings. The van der Waals surface area contributed by atoms with E-state index >= 15 is 0 Å². The summed E-state index contributed by atoms with van der Waals surface area (Å²) < 4.78 is 10.4. The molecule has 2 aromatic carbocycles. The monoisotopic (exact) mass is 395 g/mol. The van der Waals surface area contributed by atoms with Gasteiger partial charge in [0, 0.05) is 20.3 Å². The number of rotatable bonds is 6. The fraction of sp³-hybridized carbons (Fsp3) is 0.348. The zero-order valence-electron chi connectivity index (χ0n) is 17.2. The Balaban J connectivity index is 1.74. The third-order valence-electron chi connectivity index (χ3n) is 4.87. The van der Waals surface area contributed by atoms with Crippen molar-refractivity contribution in [3.63, 3.8) is 0 Å². The number of imide groups is 1. The molecule has 6 heteroatoms. The van der Waals surface area contributed by atoms with Crippen LogP contribution in [0.15, 0.2) is 42.5 Å². The number of nitrogens with zero attached hydrogens (tertiary/aromatic N) is 1. The molecule has 0 bridgehead atoms. The minimum absolute atomic E-state index is 0.00451. The average Bonchev–Trinajstić information content (AvgIpc) is 2.92. The van der Waals surface area contributed by atoms with E-state index in [-0.39, 0.29) is 29.0 Å². The third kappa shape index (κ3) is 4.38. The lowest BCUT2D eigenvalue weighted by Gasteiger charge is -2.19. The number of hydrogen-bond acceptors (Lipinski definition) is 5. The van der Waals surface area contributed by atoms with Crippen LogP contribution in [0.4, 0.5) is 0 Å². The fourth-order valence-corrected chi connectivity index (χ4v) is 3.18. The maximum atomic E-state index is 12.6. The smallest absolute Gasteiger partial charge is 0.343 e. The number of fused-ring (bicyclic) bond motifs is 1. The van der Waals surface area contributed by atoms with Crippen molar-refractivity contribution in [3.8, 4) is 5.75 Å². The SMILES string of the molecule is COCCCN1C(=O)c2ccc(C(=O)Oc3ccc(C(C)(C)C)cc3)cc2C1=O. The van der Waals surface area contributed by atoms with Crippen molar-refractivity contribution in [2.45, 2.75) is 32.6 Å². The van der Waals surface area contributed by atoms with E-state index in [1.165, 1.54) is 23.1 Å². The second kappa shape index (κ2) is 8.17. The molecule has 0 aliphatic carbocycles. The number of methoxy groups -OCH3 is 1. The van der Waals surface area contributed by atoms with Gasteiger partial charge in [-0.1, -0.05) is 32.9 Å². The molecule has 3 rings (SSSR count). The van der Waals surface area contributed by atoms with Crippen LogP contribution in [0.2, 0.25) is 0 Å². The number of carbonyl (C=O) groups excluding carboxylic acids is 3. The molecule has 1 aliphatic heterocycles. The van der Waals surface area contributed by atoms with Gasteiger partial charge in [0.15, 0.2) is 0 Å². The number of ether oxygens (including phenoxy) is 2. The molecule has 0 N–H and O–H groups in total. The standard InChI is InChI=1S/C23H25NO5/c1-23(2,3)16-7-9-17(10-8-16)29-22(27)15-6-11-18-19(14-15)21(26)24(20(18)25)12-5-13-28-4/h6-11,14H,5,12-13H2,1-4H3. The van der Waals surface area contributed by atoms with Crippen molar-refractivity contribution < 1.29 is 23.9 Å². The summed E-state index contributed by atoms with van der Waals surface area (Å²) in [4.78, 5) is 38.7. The Morgan fingerprint density at radius 1 is 0.966 bits per heavy atom. The molecule has 29 heavy (non-hydrogen) atoms. The summed E-state index contributed by atoms with van der Waals surface area (Å²) in [5.74, 6) is -0.898. The molecule has 0 fully saturated rings. The second-order valence-electron chi connectivity index (χ2n) is 8.03. The Kier molecular flexibility index (Phi) is 5.84. The molecule has 0 spiro atoms. The first-order valence-electron chi connectivity index (χ1n) is 9.54. The summed E-state index contributed by atoms with van der Waals surface area (Å²) in [6.45, 7) is 7.05. The zero-order chi connectivity index (χ0) is 21.2. The zero-order valence-corrected chi connectivity index (χ0v) is 17.2. The molecular formula is C23H25NO5. The maximum absolute atomic E-state index is 12.6. The van der Waals surface area contributed by atoms with E-state index in [1.54, 1.807) is 19.2 Å². The summed E-state index contributed by atoms with van der Waals surface area (Å²) >= 11 is 0. The fourth-order valence-electron chi connectivity index (χ4n) is 3.18. The second-order valence-corrected chi connectivity index (χ2v) is 8.03. The van der Waals surface area contributed by atoms with Gasteiger partial charge >= 0.3 is 5.97 Å². The van der Waals surface area contributed by atoms with E-state index < -0.39 is 11.9 Å².